The van der Waals surface area contributed by atoms with Gasteiger partial charge in [-0.05, 0) is 79.4 Å². The van der Waals surface area contributed by atoms with Crippen molar-refractivity contribution in [1.82, 2.24) is 0 Å². The molecule has 0 spiro atoms. The van der Waals surface area contributed by atoms with Crippen LogP contribution < -0.4 is 0 Å². The third-order valence-corrected chi connectivity index (χ3v) is 11.0. The van der Waals surface area contributed by atoms with E-state index in [1.54, 1.807) is 20.8 Å². The number of benzene rings is 2. The van der Waals surface area contributed by atoms with E-state index < -0.39 is 210 Å². The highest BCUT2D eigenvalue weighted by Gasteiger charge is 2.42. The monoisotopic (exact) mass is 2090 g/mol. The number of hydrogen-bond donors (Lipinski definition) is 1. The van der Waals surface area contributed by atoms with Crippen LogP contribution in [0.4, 0.5) is 185 Å². The van der Waals surface area contributed by atoms with Crippen LogP contribution in [0.25, 0.3) is 0 Å². The number of esters is 5. The minimum Gasteiger partial charge on any atom is -0.465 e. The van der Waals surface area contributed by atoms with Crippen LogP contribution >= 0.6 is 31.9 Å². The molecule has 1 heterocycles. The van der Waals surface area contributed by atoms with Crippen molar-refractivity contribution in [3.8, 4) is 0 Å². The molecular weight excluding hydrogens is 1980 g/mol. The number of aliphatic hydroxyl groups is 1. The quantitative estimate of drug-likeness (QED) is 0.0531. The normalized spacial score (nSPS) is 10.6. The molecule has 1 N–H and O–H groups in total. The maximum absolute atomic E-state index is 12.0. The fourth-order valence-corrected chi connectivity index (χ4v) is 7.48. The van der Waals surface area contributed by atoms with E-state index >= 15 is 0 Å². The van der Waals surface area contributed by atoms with Gasteiger partial charge in [0.05, 0.1) is 24.0 Å². The summed E-state index contributed by atoms with van der Waals surface area (Å²) >= 11 is 7.15. The largest absolute Gasteiger partial charge is 0.510 e. The number of ether oxygens (including phenoxy) is 9. The molecule has 17 nitrogen and oxygen atoms in total. The molecule has 59 heteroatoms. The summed E-state index contributed by atoms with van der Waals surface area (Å²) in [7, 11) is 0. The highest BCUT2D eigenvalue weighted by molar-refractivity contribution is 9.09. The molecule has 0 aromatic heterocycles. The minimum absolute atomic E-state index is 0.0185. The molecule has 2 aromatic carbocycles. The highest BCUT2D eigenvalue weighted by Crippen LogP contribution is 2.38. The summed E-state index contributed by atoms with van der Waals surface area (Å²) in [5.74, 6) is -2.42. The van der Waals surface area contributed by atoms with Crippen LogP contribution in [0.1, 0.15) is 95.9 Å². The van der Waals surface area contributed by atoms with Crippen LogP contribution in [0, 0.1) is 21.7 Å². The first-order valence-corrected chi connectivity index (χ1v) is 33.4. The second-order valence-corrected chi connectivity index (χ2v) is 20.7. The van der Waals surface area contributed by atoms with Gasteiger partial charge in [-0.15, -0.1) is 0 Å². The van der Waals surface area contributed by atoms with Crippen molar-refractivity contribution in [2.75, 3.05) is 205 Å². The van der Waals surface area contributed by atoms with Gasteiger partial charge in [0.1, 0.15) is 63.8 Å². The van der Waals surface area contributed by atoms with Crippen molar-refractivity contribution in [2.45, 2.75) is 84.8 Å². The first-order chi connectivity index (χ1) is 58.7. The van der Waals surface area contributed by atoms with Crippen molar-refractivity contribution < 1.29 is 257 Å². The van der Waals surface area contributed by atoms with Gasteiger partial charge in [0.15, 0.2) is 6.86 Å². The Morgan fingerprint density at radius 2 is 0.600 bits per heavy atom. The second kappa shape index (κ2) is 154. The molecule has 3 atom stereocenters. The van der Waals surface area contributed by atoms with E-state index in [1.807, 2.05) is 88.4 Å². The molecule has 3 unspecified atom stereocenters. The predicted molar refractivity (Wildman–Crippen MR) is 384 cm³/mol. The van der Waals surface area contributed by atoms with E-state index in [9.17, 15) is 209 Å². The molecule has 1 aliphatic heterocycles. The van der Waals surface area contributed by atoms with E-state index in [1.165, 1.54) is 13.8 Å². The lowest BCUT2D eigenvalue weighted by Crippen LogP contribution is -2.44. The van der Waals surface area contributed by atoms with E-state index in [0.29, 0.717) is 19.4 Å². The molecule has 125 heavy (non-hydrogen) atoms. The zero-order chi connectivity index (χ0) is 103. The first kappa shape index (κ1) is 168. The molecule has 2 aromatic rings. The molecule has 764 valence electrons. The zero-order valence-corrected chi connectivity index (χ0v) is 71.1. The number of rotatable bonds is 21. The predicted octanol–water partition coefficient (Wildman–Crippen LogP) is 25.8. The lowest BCUT2D eigenvalue weighted by atomic mass is 9.86. The van der Waals surface area contributed by atoms with Crippen LogP contribution in [-0.2, 0) is 66.6 Å². The Morgan fingerprint density at radius 1 is 0.376 bits per heavy atom. The van der Waals surface area contributed by atoms with Gasteiger partial charge in [0.2, 0.25) is 132 Å². The smallest absolute Gasteiger partial charge is 0.465 e. The van der Waals surface area contributed by atoms with E-state index in [0.717, 1.165) is 11.1 Å². The van der Waals surface area contributed by atoms with Crippen LogP contribution in [0.3, 0.4) is 0 Å². The third-order valence-electron chi connectivity index (χ3n) is 9.26. The number of carbonyl (C=O) groups excluding carboxylic acids is 7. The lowest BCUT2D eigenvalue weighted by Gasteiger charge is -2.29. The van der Waals surface area contributed by atoms with Crippen LogP contribution in [0.15, 0.2) is 60.7 Å². The number of cyclic esters (lactones) is 2. The third kappa shape index (κ3) is 182. The van der Waals surface area contributed by atoms with Crippen LogP contribution in [0.5, 0.6) is 0 Å². The topological polar surface area (TPSA) is 223 Å². The average Bonchev–Trinajstić information content (AvgIpc) is 0.856. The molecular formula is C66H104Br2F40O17. The Kier molecular flexibility index (Phi) is 206. The standard InChI is InChI=1S/2C14H18BrFO2.C11H17FO7.C8H12O5.18CH2F2.CH3FO/c2*1-14(2,13(17)18-9-8-16)10-12(15)11-6-4-3-5-7-11;1-4-16-9(14)11(3,5-17-8(2)13)6-18-10(15)19-7-12;1-3-11-6(9)8(2)4-12-7(10)13-5-8;19*2-1-3/h2*3-7,12H,8-10H2,1-2H3;4-7H2,1-3H3;3-5H2,1-2H3;18*1H2;3H,1H2. The maximum atomic E-state index is 12.0. The molecule has 1 fully saturated rings. The molecule has 1 saturated heterocycles. The van der Waals surface area contributed by atoms with Crippen LogP contribution in [0.2, 0.25) is 0 Å². The Bertz CT molecular complexity index is 2100. The van der Waals surface area contributed by atoms with Gasteiger partial charge in [-0.3, -0.25) is 24.0 Å². The fraction of sp³-hybridized carbons (Fsp3) is 0.712. The number of hydrogen-bond acceptors (Lipinski definition) is 17. The van der Waals surface area contributed by atoms with E-state index in [2.05, 4.69) is 50.8 Å². The first-order valence-electron chi connectivity index (χ1n) is 31.6. The summed E-state index contributed by atoms with van der Waals surface area (Å²) in [6.45, 7) is -21.3. The summed E-state index contributed by atoms with van der Waals surface area (Å²) in [5.41, 5.74) is -1.29. The number of aliphatic hydroxyl groups excluding tert-OH is 1. The van der Waals surface area contributed by atoms with Crippen molar-refractivity contribution in [3.63, 3.8) is 0 Å². The molecule has 0 aliphatic carbocycles. The van der Waals surface area contributed by atoms with Gasteiger partial charge in [0, 0.05) is 16.6 Å². The summed E-state index contributed by atoms with van der Waals surface area (Å²) in [5, 5.41) is 6.90. The summed E-state index contributed by atoms with van der Waals surface area (Å²) in [6, 6.07) is 19.7. The van der Waals surface area contributed by atoms with Crippen molar-refractivity contribution in [3.05, 3.63) is 71.8 Å². The average molecular weight is 2090 g/mol. The molecule has 1 aliphatic rings. The van der Waals surface area contributed by atoms with E-state index in [-0.39, 0.29) is 61.2 Å². The van der Waals surface area contributed by atoms with E-state index in [4.69, 9.17) is 28.8 Å². The lowest BCUT2D eigenvalue weighted by molar-refractivity contribution is -0.166. The zero-order valence-electron chi connectivity index (χ0n) is 67.9. The Labute approximate surface area is 712 Å². The summed E-state index contributed by atoms with van der Waals surface area (Å²) in [4.78, 5) is 78.9. The van der Waals surface area contributed by atoms with Crippen molar-refractivity contribution in [2.24, 2.45) is 21.7 Å². The van der Waals surface area contributed by atoms with Gasteiger partial charge >= 0.3 is 42.2 Å². The fourth-order valence-electron chi connectivity index (χ4n) is 5.25. The summed E-state index contributed by atoms with van der Waals surface area (Å²) < 4.78 is 434. The van der Waals surface area contributed by atoms with Crippen molar-refractivity contribution in [1.29, 1.82) is 0 Å². The van der Waals surface area contributed by atoms with Gasteiger partial charge in [-0.2, -0.15) is 0 Å². The Morgan fingerprint density at radius 3 is 0.800 bits per heavy atom. The second-order valence-electron chi connectivity index (χ2n) is 18.5. The Balaban J connectivity index is -0.0000000545. The highest BCUT2D eigenvalue weighted by atomic mass is 79.9. The number of carbonyl (C=O) groups is 7. The molecule has 3 rings (SSSR count). The van der Waals surface area contributed by atoms with Crippen molar-refractivity contribution >= 4 is 74.0 Å². The number of halogens is 42. The molecule has 0 radical (unpaired) electrons. The van der Waals surface area contributed by atoms with Gasteiger partial charge in [-0.1, -0.05) is 92.5 Å². The van der Waals surface area contributed by atoms with Gasteiger partial charge < -0.3 is 47.7 Å². The minimum atomic E-state index is -1.75. The van der Waals surface area contributed by atoms with Gasteiger partial charge in [0.25, 0.3) is 0 Å². The molecule has 0 bridgehead atoms. The Hall–Kier alpha value is -7.55. The molecule has 0 amide bonds. The maximum Gasteiger partial charge on any atom is 0.510 e. The van der Waals surface area contributed by atoms with Gasteiger partial charge in [-0.25, -0.2) is 185 Å². The summed E-state index contributed by atoms with van der Waals surface area (Å²) in [6.07, 6.45) is -0.799. The molecule has 0 saturated carbocycles. The number of alkyl halides is 42. The SMILES string of the molecule is CC(C)(CC(Br)c1ccccc1)C(=O)OCCF.CC(C)(CC(Br)c1ccccc1)C(=O)OCCF.CCOC(=O)C(C)(COC(C)=O)COC(=O)OCF.CCOC(=O)C1(C)COC(=O)OC1.FCF.FCF.FCF.FCF.FCF.FCF.FCF.FCF.FCF.FCF.FCF.FCF.FCF.FCF.FCF.FCF.FCF.FCF.OCF. The van der Waals surface area contributed by atoms with Crippen LogP contribution in [-0.4, -0.2) is 252 Å².